The Balaban J connectivity index is 2.09. The zero-order valence-corrected chi connectivity index (χ0v) is 10.4. The molecule has 0 amide bonds. The van der Waals surface area contributed by atoms with Crippen molar-refractivity contribution in [3.8, 4) is 5.75 Å². The summed E-state index contributed by atoms with van der Waals surface area (Å²) in [5.41, 5.74) is 0. The lowest BCUT2D eigenvalue weighted by molar-refractivity contribution is 0.0644. The van der Waals surface area contributed by atoms with Crippen LogP contribution in [0.1, 0.15) is 6.42 Å². The van der Waals surface area contributed by atoms with E-state index in [4.69, 9.17) is 14.2 Å². The second kappa shape index (κ2) is 8.78. The van der Waals surface area contributed by atoms with Crippen molar-refractivity contribution in [3.63, 3.8) is 0 Å². The molecule has 0 radical (unpaired) electrons. The van der Waals surface area contributed by atoms with Crippen molar-refractivity contribution in [1.82, 2.24) is 4.98 Å². The van der Waals surface area contributed by atoms with E-state index in [0.717, 1.165) is 18.0 Å². The monoisotopic (exact) mass is 240 g/mol. The van der Waals surface area contributed by atoms with Gasteiger partial charge in [-0.25, -0.2) is 4.98 Å². The van der Waals surface area contributed by atoms with E-state index in [0.29, 0.717) is 26.4 Å². The summed E-state index contributed by atoms with van der Waals surface area (Å²) in [6, 6.07) is 3.71. The maximum absolute atomic E-state index is 5.56. The van der Waals surface area contributed by atoms with Crippen LogP contribution in [-0.2, 0) is 9.47 Å². The number of anilines is 1. The minimum Gasteiger partial charge on any atom is -0.493 e. The minimum atomic E-state index is 0.635. The average molecular weight is 240 g/mol. The Morgan fingerprint density at radius 2 is 2.12 bits per heavy atom. The van der Waals surface area contributed by atoms with Gasteiger partial charge in [0.25, 0.3) is 0 Å². The van der Waals surface area contributed by atoms with E-state index in [1.807, 2.05) is 19.2 Å². The van der Waals surface area contributed by atoms with Crippen molar-refractivity contribution < 1.29 is 14.2 Å². The second-order valence-electron chi connectivity index (χ2n) is 3.43. The van der Waals surface area contributed by atoms with Gasteiger partial charge in [-0.1, -0.05) is 0 Å². The Morgan fingerprint density at radius 1 is 1.24 bits per heavy atom. The van der Waals surface area contributed by atoms with Gasteiger partial charge in [0.2, 0.25) is 0 Å². The van der Waals surface area contributed by atoms with Gasteiger partial charge in [-0.3, -0.25) is 0 Å². The van der Waals surface area contributed by atoms with Gasteiger partial charge >= 0.3 is 0 Å². The van der Waals surface area contributed by atoms with Crippen LogP contribution < -0.4 is 10.1 Å². The number of hydrogen-bond donors (Lipinski definition) is 1. The summed E-state index contributed by atoms with van der Waals surface area (Å²) in [6.45, 7) is 2.60. The number of nitrogens with zero attached hydrogens (tertiary/aromatic N) is 1. The van der Waals surface area contributed by atoms with E-state index in [1.54, 1.807) is 13.3 Å². The molecular weight excluding hydrogens is 220 g/mol. The Kier molecular flexibility index (Phi) is 7.09. The summed E-state index contributed by atoms with van der Waals surface area (Å²) >= 11 is 0. The Bertz CT molecular complexity index is 308. The first-order chi connectivity index (χ1) is 8.36. The zero-order valence-electron chi connectivity index (χ0n) is 10.4. The highest BCUT2D eigenvalue weighted by atomic mass is 16.5. The van der Waals surface area contributed by atoms with Crippen LogP contribution in [0, 0.1) is 0 Å². The molecule has 1 rings (SSSR count). The molecule has 0 aliphatic heterocycles. The molecular formula is C12H20N2O3. The first kappa shape index (κ1) is 13.7. The van der Waals surface area contributed by atoms with Crippen molar-refractivity contribution in [3.05, 3.63) is 18.3 Å². The van der Waals surface area contributed by atoms with Gasteiger partial charge in [-0.2, -0.15) is 0 Å². The number of methoxy groups -OCH3 is 1. The first-order valence-corrected chi connectivity index (χ1v) is 5.70. The quantitative estimate of drug-likeness (QED) is 0.664. The third kappa shape index (κ3) is 6.09. The lowest BCUT2D eigenvalue weighted by Crippen LogP contribution is -2.07. The second-order valence-corrected chi connectivity index (χ2v) is 3.43. The molecule has 1 heterocycles. The number of nitrogens with one attached hydrogen (secondary N) is 1. The SMILES string of the molecule is CNc1cc(OCCCOCCOC)ccn1. The van der Waals surface area contributed by atoms with Crippen molar-refractivity contribution in [2.45, 2.75) is 6.42 Å². The number of aromatic nitrogens is 1. The molecule has 0 unspecified atom stereocenters. The molecule has 0 aliphatic carbocycles. The molecule has 1 aromatic rings. The highest BCUT2D eigenvalue weighted by Crippen LogP contribution is 2.13. The van der Waals surface area contributed by atoms with Crippen molar-refractivity contribution >= 4 is 5.82 Å². The first-order valence-electron chi connectivity index (χ1n) is 5.70. The van der Waals surface area contributed by atoms with E-state index in [1.165, 1.54) is 0 Å². The maximum atomic E-state index is 5.56. The predicted octanol–water partition coefficient (Wildman–Crippen LogP) is 1.56. The van der Waals surface area contributed by atoms with Gasteiger partial charge in [0, 0.05) is 39.4 Å². The fourth-order valence-electron chi connectivity index (χ4n) is 1.23. The fourth-order valence-corrected chi connectivity index (χ4v) is 1.23. The molecule has 96 valence electrons. The fraction of sp³-hybridized carbons (Fsp3) is 0.583. The summed E-state index contributed by atoms with van der Waals surface area (Å²) in [6.07, 6.45) is 2.58. The lowest BCUT2D eigenvalue weighted by atomic mass is 10.4. The van der Waals surface area contributed by atoms with E-state index in [-0.39, 0.29) is 0 Å². The average Bonchev–Trinajstić information content (AvgIpc) is 2.38. The van der Waals surface area contributed by atoms with Gasteiger partial charge in [-0.05, 0) is 6.07 Å². The van der Waals surface area contributed by atoms with E-state index >= 15 is 0 Å². The standard InChI is InChI=1S/C12H20N2O3/c1-13-12-10-11(4-5-14-12)17-7-3-6-16-9-8-15-2/h4-5,10H,3,6-9H2,1-2H3,(H,13,14). The van der Waals surface area contributed by atoms with Crippen LogP contribution in [0.15, 0.2) is 18.3 Å². The molecule has 0 aliphatic rings. The maximum Gasteiger partial charge on any atom is 0.129 e. The molecule has 0 bridgehead atoms. The number of rotatable bonds is 9. The van der Waals surface area contributed by atoms with E-state index < -0.39 is 0 Å². The van der Waals surface area contributed by atoms with Crippen LogP contribution in [-0.4, -0.2) is 45.6 Å². The van der Waals surface area contributed by atoms with Crippen LogP contribution in [0.25, 0.3) is 0 Å². The molecule has 0 spiro atoms. The van der Waals surface area contributed by atoms with Crippen LogP contribution in [0.5, 0.6) is 5.75 Å². The zero-order chi connectivity index (χ0) is 12.3. The summed E-state index contributed by atoms with van der Waals surface area (Å²) in [5, 5.41) is 2.96. The van der Waals surface area contributed by atoms with Gasteiger partial charge < -0.3 is 19.5 Å². The van der Waals surface area contributed by atoms with Crippen molar-refractivity contribution in [1.29, 1.82) is 0 Å². The topological polar surface area (TPSA) is 52.6 Å². The molecule has 5 heteroatoms. The van der Waals surface area contributed by atoms with Gasteiger partial charge in [0.15, 0.2) is 0 Å². The summed E-state index contributed by atoms with van der Waals surface area (Å²) < 4.78 is 15.8. The van der Waals surface area contributed by atoms with Gasteiger partial charge in [0.1, 0.15) is 11.6 Å². The highest BCUT2D eigenvalue weighted by molar-refractivity contribution is 5.39. The van der Waals surface area contributed by atoms with Gasteiger partial charge in [-0.15, -0.1) is 0 Å². The molecule has 0 fully saturated rings. The Hall–Kier alpha value is -1.33. The summed E-state index contributed by atoms with van der Waals surface area (Å²) in [5.74, 6) is 1.63. The number of ether oxygens (including phenoxy) is 3. The Labute approximate surface area is 102 Å². The van der Waals surface area contributed by atoms with Crippen LogP contribution in [0.2, 0.25) is 0 Å². The van der Waals surface area contributed by atoms with E-state index in [9.17, 15) is 0 Å². The van der Waals surface area contributed by atoms with Crippen LogP contribution >= 0.6 is 0 Å². The summed E-state index contributed by atoms with van der Waals surface area (Å²) in [7, 11) is 3.49. The van der Waals surface area contributed by atoms with Crippen molar-refractivity contribution in [2.24, 2.45) is 0 Å². The third-order valence-electron chi connectivity index (χ3n) is 2.12. The van der Waals surface area contributed by atoms with E-state index in [2.05, 4.69) is 10.3 Å². The van der Waals surface area contributed by atoms with Crippen molar-refractivity contribution in [2.75, 3.05) is 45.9 Å². The highest BCUT2D eigenvalue weighted by Gasteiger charge is 1.96. The van der Waals surface area contributed by atoms with Crippen LogP contribution in [0.4, 0.5) is 5.82 Å². The molecule has 1 N–H and O–H groups in total. The summed E-state index contributed by atoms with van der Waals surface area (Å²) in [4.78, 5) is 4.11. The smallest absolute Gasteiger partial charge is 0.129 e. The molecule has 0 saturated carbocycles. The lowest BCUT2D eigenvalue weighted by Gasteiger charge is -2.07. The molecule has 0 atom stereocenters. The number of pyridine rings is 1. The number of hydrogen-bond acceptors (Lipinski definition) is 5. The molecule has 0 aromatic carbocycles. The Morgan fingerprint density at radius 3 is 2.88 bits per heavy atom. The molecule has 0 saturated heterocycles. The molecule has 17 heavy (non-hydrogen) atoms. The largest absolute Gasteiger partial charge is 0.493 e. The van der Waals surface area contributed by atoms with Crippen LogP contribution in [0.3, 0.4) is 0 Å². The normalized spacial score (nSPS) is 10.2. The van der Waals surface area contributed by atoms with Gasteiger partial charge in [0.05, 0.1) is 19.8 Å². The predicted molar refractivity (Wildman–Crippen MR) is 66.6 cm³/mol. The molecule has 5 nitrogen and oxygen atoms in total. The third-order valence-corrected chi connectivity index (χ3v) is 2.12. The minimum absolute atomic E-state index is 0.635. The molecule has 1 aromatic heterocycles.